The SMILES string of the molecule is CCC(NC(=O)c1cccc(NS(=O)(=O)c2ccc(C)cc2)c1)c1ccc(OC)c(C)c1. The summed E-state index contributed by atoms with van der Waals surface area (Å²) >= 11 is 0. The molecule has 0 saturated heterocycles. The topological polar surface area (TPSA) is 84.5 Å². The predicted octanol–water partition coefficient (Wildman–Crippen LogP) is 4.99. The maximum atomic E-state index is 12.9. The van der Waals surface area contributed by atoms with E-state index in [1.54, 1.807) is 49.6 Å². The molecule has 0 aromatic heterocycles. The molecular weight excluding hydrogens is 424 g/mol. The minimum Gasteiger partial charge on any atom is -0.496 e. The number of anilines is 1. The van der Waals surface area contributed by atoms with Crippen molar-refractivity contribution < 1.29 is 17.9 Å². The maximum absolute atomic E-state index is 12.9. The molecular formula is C25H28N2O4S. The Bertz CT molecular complexity index is 1200. The van der Waals surface area contributed by atoms with Crippen molar-refractivity contribution in [2.45, 2.75) is 38.1 Å². The number of hydrogen-bond donors (Lipinski definition) is 2. The van der Waals surface area contributed by atoms with Crippen molar-refractivity contribution in [1.29, 1.82) is 0 Å². The van der Waals surface area contributed by atoms with Gasteiger partial charge in [0.15, 0.2) is 0 Å². The predicted molar refractivity (Wildman–Crippen MR) is 127 cm³/mol. The lowest BCUT2D eigenvalue weighted by Crippen LogP contribution is -2.28. The third kappa shape index (κ3) is 5.48. The van der Waals surface area contributed by atoms with E-state index in [0.29, 0.717) is 17.7 Å². The summed E-state index contributed by atoms with van der Waals surface area (Å²) in [7, 11) is -2.12. The van der Waals surface area contributed by atoms with Crippen LogP contribution in [0, 0.1) is 13.8 Å². The van der Waals surface area contributed by atoms with E-state index in [1.165, 1.54) is 6.07 Å². The summed E-state index contributed by atoms with van der Waals surface area (Å²) in [5.74, 6) is 0.519. The van der Waals surface area contributed by atoms with E-state index in [2.05, 4.69) is 10.0 Å². The van der Waals surface area contributed by atoms with Crippen molar-refractivity contribution in [1.82, 2.24) is 5.32 Å². The van der Waals surface area contributed by atoms with Gasteiger partial charge in [0, 0.05) is 11.3 Å². The molecule has 1 atom stereocenters. The first-order chi connectivity index (χ1) is 15.2. The zero-order valence-electron chi connectivity index (χ0n) is 18.7. The Balaban J connectivity index is 1.77. The Morgan fingerprint density at radius 2 is 1.72 bits per heavy atom. The van der Waals surface area contributed by atoms with Gasteiger partial charge in [-0.25, -0.2) is 8.42 Å². The molecule has 1 amide bonds. The second kappa shape index (κ2) is 9.87. The number of rotatable bonds is 8. The van der Waals surface area contributed by atoms with E-state index in [4.69, 9.17) is 4.74 Å². The Hall–Kier alpha value is -3.32. The number of benzene rings is 3. The van der Waals surface area contributed by atoms with Crippen molar-refractivity contribution >= 4 is 21.6 Å². The van der Waals surface area contributed by atoms with Gasteiger partial charge in [-0.05, 0) is 67.8 Å². The number of sulfonamides is 1. The van der Waals surface area contributed by atoms with Crippen molar-refractivity contribution in [2.75, 3.05) is 11.8 Å². The molecule has 0 heterocycles. The number of nitrogens with one attached hydrogen (secondary N) is 2. The highest BCUT2D eigenvalue weighted by atomic mass is 32.2. The van der Waals surface area contributed by atoms with Gasteiger partial charge in [-0.15, -0.1) is 0 Å². The van der Waals surface area contributed by atoms with Crippen LogP contribution in [0.1, 0.15) is 46.4 Å². The normalized spacial score (nSPS) is 12.1. The maximum Gasteiger partial charge on any atom is 0.261 e. The minimum atomic E-state index is -3.75. The molecule has 0 aliphatic heterocycles. The number of amides is 1. The Morgan fingerprint density at radius 1 is 1.00 bits per heavy atom. The van der Waals surface area contributed by atoms with Crippen LogP contribution in [0.25, 0.3) is 0 Å². The van der Waals surface area contributed by atoms with E-state index in [9.17, 15) is 13.2 Å². The van der Waals surface area contributed by atoms with Crippen LogP contribution >= 0.6 is 0 Å². The second-order valence-electron chi connectivity index (χ2n) is 7.66. The molecule has 32 heavy (non-hydrogen) atoms. The molecule has 0 saturated carbocycles. The molecule has 2 N–H and O–H groups in total. The van der Waals surface area contributed by atoms with Crippen molar-refractivity contribution in [3.8, 4) is 5.75 Å². The van der Waals surface area contributed by atoms with Gasteiger partial charge in [0.05, 0.1) is 18.0 Å². The molecule has 3 rings (SSSR count). The van der Waals surface area contributed by atoms with Gasteiger partial charge in [-0.1, -0.05) is 42.8 Å². The fourth-order valence-corrected chi connectivity index (χ4v) is 4.49. The molecule has 0 bridgehead atoms. The van der Waals surface area contributed by atoms with Gasteiger partial charge in [0.2, 0.25) is 0 Å². The summed E-state index contributed by atoms with van der Waals surface area (Å²) in [4.78, 5) is 13.1. The summed E-state index contributed by atoms with van der Waals surface area (Å²) in [5, 5.41) is 3.03. The molecule has 7 heteroatoms. The molecule has 0 fully saturated rings. The van der Waals surface area contributed by atoms with Crippen LogP contribution in [-0.4, -0.2) is 21.4 Å². The fraction of sp³-hybridized carbons (Fsp3) is 0.240. The Kier molecular flexibility index (Phi) is 7.20. The van der Waals surface area contributed by atoms with Crippen molar-refractivity contribution in [3.63, 3.8) is 0 Å². The summed E-state index contributed by atoms with van der Waals surface area (Å²) in [6, 6.07) is 18.7. The second-order valence-corrected chi connectivity index (χ2v) is 9.35. The highest BCUT2D eigenvalue weighted by molar-refractivity contribution is 7.92. The molecule has 6 nitrogen and oxygen atoms in total. The highest BCUT2D eigenvalue weighted by Crippen LogP contribution is 2.25. The molecule has 0 aliphatic carbocycles. The van der Waals surface area contributed by atoms with Crippen LogP contribution in [0.3, 0.4) is 0 Å². The quantitative estimate of drug-likeness (QED) is 0.504. The standard InChI is InChI=1S/C25H28N2O4S/c1-5-23(19-11-14-24(31-4)18(3)15-19)26-25(28)20-7-6-8-21(16-20)27-32(29,30)22-12-9-17(2)10-13-22/h6-16,23,27H,5H2,1-4H3,(H,26,28). The van der Waals surface area contributed by atoms with Gasteiger partial charge < -0.3 is 10.1 Å². The van der Waals surface area contributed by atoms with Crippen LogP contribution < -0.4 is 14.8 Å². The van der Waals surface area contributed by atoms with Crippen LogP contribution in [0.5, 0.6) is 5.75 Å². The Labute approximate surface area is 189 Å². The number of carbonyl (C=O) groups excluding carboxylic acids is 1. The first-order valence-electron chi connectivity index (χ1n) is 10.4. The van der Waals surface area contributed by atoms with E-state index in [0.717, 1.165) is 22.4 Å². The van der Waals surface area contributed by atoms with Crippen LogP contribution in [0.4, 0.5) is 5.69 Å². The number of hydrogen-bond acceptors (Lipinski definition) is 4. The zero-order valence-corrected chi connectivity index (χ0v) is 19.5. The summed E-state index contributed by atoms with van der Waals surface area (Å²) in [6.45, 7) is 5.85. The minimum absolute atomic E-state index is 0.166. The fourth-order valence-electron chi connectivity index (χ4n) is 3.44. The number of methoxy groups -OCH3 is 1. The molecule has 0 spiro atoms. The monoisotopic (exact) mass is 452 g/mol. The van der Waals surface area contributed by atoms with Crippen LogP contribution in [0.15, 0.2) is 71.6 Å². The summed E-state index contributed by atoms with van der Waals surface area (Å²) in [5.41, 5.74) is 3.64. The van der Waals surface area contributed by atoms with Crippen LogP contribution in [-0.2, 0) is 10.0 Å². The first-order valence-corrected chi connectivity index (χ1v) is 11.9. The number of ether oxygens (including phenoxy) is 1. The zero-order chi connectivity index (χ0) is 23.3. The smallest absolute Gasteiger partial charge is 0.261 e. The molecule has 3 aromatic rings. The lowest BCUT2D eigenvalue weighted by Gasteiger charge is -2.19. The average Bonchev–Trinajstić information content (AvgIpc) is 2.77. The van der Waals surface area contributed by atoms with Gasteiger partial charge in [-0.2, -0.15) is 0 Å². The summed E-state index contributed by atoms with van der Waals surface area (Å²) in [6.07, 6.45) is 0.706. The summed E-state index contributed by atoms with van der Waals surface area (Å²) < 4.78 is 33.2. The average molecular weight is 453 g/mol. The van der Waals surface area contributed by atoms with Crippen molar-refractivity contribution in [2.24, 2.45) is 0 Å². The van der Waals surface area contributed by atoms with E-state index in [1.807, 2.05) is 39.0 Å². The molecule has 0 radical (unpaired) electrons. The van der Waals surface area contributed by atoms with E-state index in [-0.39, 0.29) is 16.8 Å². The largest absolute Gasteiger partial charge is 0.496 e. The highest BCUT2D eigenvalue weighted by Gasteiger charge is 2.18. The third-order valence-corrected chi connectivity index (χ3v) is 6.64. The van der Waals surface area contributed by atoms with Gasteiger partial charge in [-0.3, -0.25) is 9.52 Å². The Morgan fingerprint density at radius 3 is 2.34 bits per heavy atom. The molecule has 0 aliphatic rings. The third-order valence-electron chi connectivity index (χ3n) is 5.24. The van der Waals surface area contributed by atoms with Crippen LogP contribution in [0.2, 0.25) is 0 Å². The van der Waals surface area contributed by atoms with Gasteiger partial charge in [0.1, 0.15) is 5.75 Å². The van der Waals surface area contributed by atoms with E-state index >= 15 is 0 Å². The first kappa shape index (κ1) is 23.3. The molecule has 1 unspecified atom stereocenters. The number of aryl methyl sites for hydroxylation is 2. The molecule has 3 aromatic carbocycles. The van der Waals surface area contributed by atoms with Gasteiger partial charge >= 0.3 is 0 Å². The van der Waals surface area contributed by atoms with Gasteiger partial charge in [0.25, 0.3) is 15.9 Å². The lowest BCUT2D eigenvalue weighted by molar-refractivity contribution is 0.0935. The lowest BCUT2D eigenvalue weighted by atomic mass is 10.0. The van der Waals surface area contributed by atoms with Crippen molar-refractivity contribution in [3.05, 3.63) is 89.0 Å². The number of carbonyl (C=O) groups is 1. The van der Waals surface area contributed by atoms with E-state index < -0.39 is 10.0 Å². The molecule has 168 valence electrons.